The molecule has 0 bridgehead atoms. The quantitative estimate of drug-likeness (QED) is 0.901. The molecule has 0 aliphatic heterocycles. The highest BCUT2D eigenvalue weighted by Crippen LogP contribution is 2.22. The van der Waals surface area contributed by atoms with Crippen molar-refractivity contribution in [1.82, 2.24) is 20.5 Å². The number of aromatic nitrogens is 3. The van der Waals surface area contributed by atoms with Crippen LogP contribution in [-0.4, -0.2) is 21.1 Å². The monoisotopic (exact) mass is 336 g/mol. The van der Waals surface area contributed by atoms with Gasteiger partial charge in [0.05, 0.1) is 5.54 Å². The number of aromatic amines is 1. The first-order chi connectivity index (χ1) is 9.42. The van der Waals surface area contributed by atoms with Crippen molar-refractivity contribution >= 4 is 21.8 Å². The molecule has 0 unspecified atom stereocenters. The zero-order valence-electron chi connectivity index (χ0n) is 11.7. The second-order valence-electron chi connectivity index (χ2n) is 5.05. The minimum absolute atomic E-state index is 0.173. The number of carbonyl (C=O) groups is 1. The van der Waals surface area contributed by atoms with Gasteiger partial charge in [0.25, 0.3) is 5.91 Å². The third kappa shape index (κ3) is 3.25. The molecule has 20 heavy (non-hydrogen) atoms. The Morgan fingerprint density at radius 2 is 2.00 bits per heavy atom. The Morgan fingerprint density at radius 1 is 1.35 bits per heavy atom. The number of rotatable bonds is 4. The molecule has 0 atom stereocenters. The molecule has 1 heterocycles. The number of benzene rings is 1. The molecular weight excluding hydrogens is 320 g/mol. The molecule has 0 aliphatic rings. The Kier molecular flexibility index (Phi) is 4.23. The standard InChI is InChI=1S/C14H17BrN4O/c1-4-11-16-12(19-18-11)13(20)17-14(2,3)9-5-7-10(15)8-6-9/h5-8H,4H2,1-3H3,(H,17,20)(H,16,18,19). The van der Waals surface area contributed by atoms with Gasteiger partial charge in [-0.2, -0.15) is 0 Å². The topological polar surface area (TPSA) is 70.7 Å². The van der Waals surface area contributed by atoms with E-state index >= 15 is 0 Å². The highest BCUT2D eigenvalue weighted by Gasteiger charge is 2.25. The molecule has 5 nitrogen and oxygen atoms in total. The average molecular weight is 337 g/mol. The van der Waals surface area contributed by atoms with Gasteiger partial charge in [-0.05, 0) is 31.5 Å². The fourth-order valence-electron chi connectivity index (χ4n) is 1.83. The maximum Gasteiger partial charge on any atom is 0.291 e. The summed E-state index contributed by atoms with van der Waals surface area (Å²) in [4.78, 5) is 16.3. The second-order valence-corrected chi connectivity index (χ2v) is 5.96. The third-order valence-electron chi connectivity index (χ3n) is 3.06. The summed E-state index contributed by atoms with van der Waals surface area (Å²) in [5, 5.41) is 9.61. The van der Waals surface area contributed by atoms with Gasteiger partial charge in [0.2, 0.25) is 5.82 Å². The molecule has 0 fully saturated rings. The number of carbonyl (C=O) groups excluding carboxylic acids is 1. The summed E-state index contributed by atoms with van der Waals surface area (Å²) >= 11 is 3.40. The molecule has 1 aromatic carbocycles. The molecule has 0 aliphatic carbocycles. The summed E-state index contributed by atoms with van der Waals surface area (Å²) in [5.41, 5.74) is 0.519. The fraction of sp³-hybridized carbons (Fsp3) is 0.357. The number of hydrogen-bond acceptors (Lipinski definition) is 3. The number of H-pyrrole nitrogens is 1. The van der Waals surface area contributed by atoms with Crippen LogP contribution in [0, 0.1) is 0 Å². The van der Waals surface area contributed by atoms with Crippen molar-refractivity contribution in [2.24, 2.45) is 0 Å². The first kappa shape index (κ1) is 14.7. The first-order valence-corrected chi connectivity index (χ1v) is 7.21. The van der Waals surface area contributed by atoms with Crippen molar-refractivity contribution in [3.05, 3.63) is 46.0 Å². The van der Waals surface area contributed by atoms with Crippen molar-refractivity contribution in [3.63, 3.8) is 0 Å². The van der Waals surface area contributed by atoms with E-state index in [0.717, 1.165) is 16.5 Å². The molecule has 2 N–H and O–H groups in total. The predicted molar refractivity (Wildman–Crippen MR) is 80.4 cm³/mol. The first-order valence-electron chi connectivity index (χ1n) is 6.42. The number of amides is 1. The van der Waals surface area contributed by atoms with Gasteiger partial charge >= 0.3 is 0 Å². The van der Waals surface area contributed by atoms with Crippen LogP contribution in [0.1, 0.15) is 42.8 Å². The Bertz CT molecular complexity index is 604. The molecule has 0 saturated heterocycles. The lowest BCUT2D eigenvalue weighted by molar-refractivity contribution is 0.0901. The van der Waals surface area contributed by atoms with Crippen LogP contribution >= 0.6 is 15.9 Å². The van der Waals surface area contributed by atoms with Crippen LogP contribution in [0.2, 0.25) is 0 Å². The molecule has 1 aromatic heterocycles. The number of nitrogens with zero attached hydrogens (tertiary/aromatic N) is 2. The lowest BCUT2D eigenvalue weighted by Crippen LogP contribution is -2.41. The molecular formula is C14H17BrN4O. The molecule has 2 rings (SSSR count). The lowest BCUT2D eigenvalue weighted by Gasteiger charge is -2.26. The van der Waals surface area contributed by atoms with Gasteiger partial charge in [0.1, 0.15) is 5.82 Å². The van der Waals surface area contributed by atoms with E-state index in [1.165, 1.54) is 0 Å². The maximum absolute atomic E-state index is 12.2. The van der Waals surface area contributed by atoms with Crippen molar-refractivity contribution in [2.45, 2.75) is 32.7 Å². The highest BCUT2D eigenvalue weighted by molar-refractivity contribution is 9.10. The van der Waals surface area contributed by atoms with Crippen molar-refractivity contribution in [1.29, 1.82) is 0 Å². The van der Waals surface area contributed by atoms with Crippen LogP contribution in [0.4, 0.5) is 0 Å². The Labute approximate surface area is 126 Å². The van der Waals surface area contributed by atoms with Gasteiger partial charge in [-0.15, -0.1) is 5.10 Å². The van der Waals surface area contributed by atoms with Crippen LogP contribution in [0.25, 0.3) is 0 Å². The van der Waals surface area contributed by atoms with Gasteiger partial charge in [-0.3, -0.25) is 9.89 Å². The molecule has 0 spiro atoms. The van der Waals surface area contributed by atoms with E-state index in [1.54, 1.807) is 0 Å². The van der Waals surface area contributed by atoms with E-state index < -0.39 is 5.54 Å². The number of nitrogens with one attached hydrogen (secondary N) is 2. The minimum atomic E-state index is -0.495. The fourth-order valence-corrected chi connectivity index (χ4v) is 2.10. The predicted octanol–water partition coefficient (Wildman–Crippen LogP) is 2.79. The van der Waals surface area contributed by atoms with E-state index in [0.29, 0.717) is 5.82 Å². The van der Waals surface area contributed by atoms with Crippen molar-refractivity contribution in [2.75, 3.05) is 0 Å². The maximum atomic E-state index is 12.2. The second kappa shape index (κ2) is 5.75. The van der Waals surface area contributed by atoms with Gasteiger partial charge in [-0.25, -0.2) is 4.98 Å². The normalized spacial score (nSPS) is 11.4. The van der Waals surface area contributed by atoms with Gasteiger partial charge in [0.15, 0.2) is 0 Å². The number of halogens is 1. The van der Waals surface area contributed by atoms with E-state index in [4.69, 9.17) is 0 Å². The minimum Gasteiger partial charge on any atom is -0.340 e. The molecule has 0 saturated carbocycles. The van der Waals surface area contributed by atoms with Crippen LogP contribution in [0.15, 0.2) is 28.7 Å². The summed E-state index contributed by atoms with van der Waals surface area (Å²) in [7, 11) is 0. The summed E-state index contributed by atoms with van der Waals surface area (Å²) < 4.78 is 1.00. The molecule has 1 amide bonds. The van der Waals surface area contributed by atoms with Crippen LogP contribution < -0.4 is 5.32 Å². The summed E-state index contributed by atoms with van der Waals surface area (Å²) in [6.45, 7) is 5.84. The molecule has 106 valence electrons. The van der Waals surface area contributed by atoms with E-state index in [-0.39, 0.29) is 11.7 Å². The molecule has 6 heteroatoms. The van der Waals surface area contributed by atoms with Crippen molar-refractivity contribution < 1.29 is 4.79 Å². The summed E-state index contributed by atoms with van der Waals surface area (Å²) in [6, 6.07) is 7.84. The third-order valence-corrected chi connectivity index (χ3v) is 3.59. The van der Waals surface area contributed by atoms with Crippen LogP contribution in [-0.2, 0) is 12.0 Å². The van der Waals surface area contributed by atoms with Crippen LogP contribution in [0.5, 0.6) is 0 Å². The molecule has 2 aromatic rings. The van der Waals surface area contributed by atoms with E-state index in [1.807, 2.05) is 45.0 Å². The zero-order valence-corrected chi connectivity index (χ0v) is 13.3. The summed E-state index contributed by atoms with van der Waals surface area (Å²) in [5.74, 6) is 0.595. The zero-order chi connectivity index (χ0) is 14.8. The Morgan fingerprint density at radius 3 is 2.55 bits per heavy atom. The molecule has 0 radical (unpaired) electrons. The Balaban J connectivity index is 2.14. The SMILES string of the molecule is CCc1nc(C(=O)NC(C)(C)c2ccc(Br)cc2)n[nH]1. The van der Waals surface area contributed by atoms with Crippen molar-refractivity contribution in [3.8, 4) is 0 Å². The number of hydrogen-bond donors (Lipinski definition) is 2. The lowest BCUT2D eigenvalue weighted by atomic mass is 9.94. The largest absolute Gasteiger partial charge is 0.340 e. The van der Waals surface area contributed by atoms with Crippen LogP contribution in [0.3, 0.4) is 0 Å². The highest BCUT2D eigenvalue weighted by atomic mass is 79.9. The summed E-state index contributed by atoms with van der Waals surface area (Å²) in [6.07, 6.45) is 0.719. The van der Waals surface area contributed by atoms with Gasteiger partial charge < -0.3 is 5.32 Å². The smallest absolute Gasteiger partial charge is 0.291 e. The Hall–Kier alpha value is -1.69. The van der Waals surface area contributed by atoms with E-state index in [2.05, 4.69) is 36.4 Å². The number of aryl methyl sites for hydroxylation is 1. The van der Waals surface area contributed by atoms with E-state index in [9.17, 15) is 4.79 Å². The van der Waals surface area contributed by atoms with Gasteiger partial charge in [-0.1, -0.05) is 35.0 Å². The van der Waals surface area contributed by atoms with Gasteiger partial charge in [0, 0.05) is 10.9 Å². The average Bonchev–Trinajstić information content (AvgIpc) is 2.87.